The highest BCUT2D eigenvalue weighted by molar-refractivity contribution is 5.66. The van der Waals surface area contributed by atoms with Crippen LogP contribution in [0.15, 0.2) is 0 Å². The molecule has 0 saturated carbocycles. The number of halogens is 1. The SMILES string of the molecule is CC(O)C1C(F)CCN1C(=O)O. The molecule has 1 fully saturated rings. The van der Waals surface area contributed by atoms with Crippen molar-refractivity contribution in [2.24, 2.45) is 0 Å². The number of likely N-dealkylation sites (tertiary alicyclic amines) is 1. The van der Waals surface area contributed by atoms with Crippen molar-refractivity contribution in [3.8, 4) is 0 Å². The number of carbonyl (C=O) groups is 1. The topological polar surface area (TPSA) is 60.8 Å². The quantitative estimate of drug-likeness (QED) is 0.611. The number of alkyl halides is 1. The first-order valence-corrected chi connectivity index (χ1v) is 3.85. The van der Waals surface area contributed by atoms with Crippen LogP contribution in [0.2, 0.25) is 0 Å². The van der Waals surface area contributed by atoms with Crippen molar-refractivity contribution in [3.63, 3.8) is 0 Å². The molecule has 3 atom stereocenters. The minimum Gasteiger partial charge on any atom is -0.465 e. The van der Waals surface area contributed by atoms with Gasteiger partial charge < -0.3 is 10.2 Å². The van der Waals surface area contributed by atoms with Crippen LogP contribution in [0, 0.1) is 0 Å². The highest BCUT2D eigenvalue weighted by atomic mass is 19.1. The van der Waals surface area contributed by atoms with E-state index in [1.54, 1.807) is 0 Å². The van der Waals surface area contributed by atoms with Crippen molar-refractivity contribution in [1.29, 1.82) is 0 Å². The Balaban J connectivity index is 2.70. The van der Waals surface area contributed by atoms with E-state index in [0.29, 0.717) is 0 Å². The maximum absolute atomic E-state index is 13.0. The number of aliphatic hydroxyl groups excluding tert-OH is 1. The normalized spacial score (nSPS) is 32.1. The average Bonchev–Trinajstić information content (AvgIpc) is 2.30. The lowest BCUT2D eigenvalue weighted by Gasteiger charge is -2.24. The summed E-state index contributed by atoms with van der Waals surface area (Å²) in [5, 5.41) is 17.7. The lowest BCUT2D eigenvalue weighted by molar-refractivity contribution is 0.0534. The molecule has 5 heteroatoms. The third-order valence-corrected chi connectivity index (χ3v) is 2.12. The van der Waals surface area contributed by atoms with E-state index in [9.17, 15) is 9.18 Å². The lowest BCUT2D eigenvalue weighted by atomic mass is 10.1. The van der Waals surface area contributed by atoms with Gasteiger partial charge in [-0.05, 0) is 13.3 Å². The van der Waals surface area contributed by atoms with Crippen molar-refractivity contribution in [2.45, 2.75) is 31.7 Å². The first-order valence-electron chi connectivity index (χ1n) is 3.85. The van der Waals surface area contributed by atoms with E-state index in [1.165, 1.54) is 6.92 Å². The minimum atomic E-state index is -1.24. The first kappa shape index (κ1) is 9.25. The maximum Gasteiger partial charge on any atom is 0.407 e. The Labute approximate surface area is 69.6 Å². The zero-order valence-electron chi connectivity index (χ0n) is 6.77. The molecule has 70 valence electrons. The van der Waals surface area contributed by atoms with Crippen molar-refractivity contribution in [3.05, 3.63) is 0 Å². The fraction of sp³-hybridized carbons (Fsp3) is 0.857. The van der Waals surface area contributed by atoms with E-state index < -0.39 is 24.4 Å². The smallest absolute Gasteiger partial charge is 0.407 e. The van der Waals surface area contributed by atoms with Crippen LogP contribution in [-0.4, -0.2) is 46.1 Å². The van der Waals surface area contributed by atoms with E-state index in [0.717, 1.165) is 4.90 Å². The molecule has 0 aromatic rings. The van der Waals surface area contributed by atoms with Gasteiger partial charge in [-0.1, -0.05) is 0 Å². The number of amides is 1. The van der Waals surface area contributed by atoms with Gasteiger partial charge >= 0.3 is 6.09 Å². The maximum atomic E-state index is 13.0. The standard InChI is InChI=1S/C7H12FNO3/c1-4(10)6-5(8)2-3-9(6)7(11)12/h4-6,10H,2-3H2,1H3,(H,11,12). The summed E-state index contributed by atoms with van der Waals surface area (Å²) in [6.07, 6.45) is -3.16. The van der Waals surface area contributed by atoms with Gasteiger partial charge in [0, 0.05) is 6.54 Å². The highest BCUT2D eigenvalue weighted by Gasteiger charge is 2.40. The number of nitrogens with zero attached hydrogens (tertiary/aromatic N) is 1. The Morgan fingerprint density at radius 3 is 2.67 bits per heavy atom. The van der Waals surface area contributed by atoms with Gasteiger partial charge in [0.05, 0.1) is 12.1 Å². The summed E-state index contributed by atoms with van der Waals surface area (Å²) in [5.41, 5.74) is 0. The molecule has 1 amide bonds. The second-order valence-electron chi connectivity index (χ2n) is 3.01. The molecule has 1 heterocycles. The van der Waals surface area contributed by atoms with Gasteiger partial charge in [-0.2, -0.15) is 0 Å². The number of rotatable bonds is 1. The molecule has 0 spiro atoms. The molecule has 0 aromatic heterocycles. The third-order valence-electron chi connectivity index (χ3n) is 2.12. The van der Waals surface area contributed by atoms with E-state index >= 15 is 0 Å². The average molecular weight is 177 g/mol. The van der Waals surface area contributed by atoms with Crippen LogP contribution in [0.5, 0.6) is 0 Å². The Morgan fingerprint density at radius 1 is 1.75 bits per heavy atom. The van der Waals surface area contributed by atoms with Crippen molar-refractivity contribution >= 4 is 6.09 Å². The predicted molar refractivity (Wildman–Crippen MR) is 39.7 cm³/mol. The molecule has 3 unspecified atom stereocenters. The largest absolute Gasteiger partial charge is 0.465 e. The molecule has 12 heavy (non-hydrogen) atoms. The molecule has 0 radical (unpaired) electrons. The van der Waals surface area contributed by atoms with E-state index in [1.807, 2.05) is 0 Å². The molecule has 1 saturated heterocycles. The molecular formula is C7H12FNO3. The monoisotopic (exact) mass is 177 g/mol. The predicted octanol–water partition coefficient (Wildman–Crippen LogP) is 0.458. The van der Waals surface area contributed by atoms with Crippen molar-refractivity contribution < 1.29 is 19.4 Å². The highest BCUT2D eigenvalue weighted by Crippen LogP contribution is 2.23. The van der Waals surface area contributed by atoms with E-state index in [-0.39, 0.29) is 13.0 Å². The minimum absolute atomic E-state index is 0.173. The van der Waals surface area contributed by atoms with Crippen molar-refractivity contribution in [1.82, 2.24) is 4.90 Å². The van der Waals surface area contributed by atoms with Gasteiger partial charge in [-0.25, -0.2) is 9.18 Å². The Morgan fingerprint density at radius 2 is 2.33 bits per heavy atom. The Hall–Kier alpha value is -0.840. The molecule has 1 aliphatic rings. The second kappa shape index (κ2) is 3.26. The fourth-order valence-electron chi connectivity index (χ4n) is 1.56. The Bertz CT molecular complexity index is 185. The molecule has 1 aliphatic heterocycles. The van der Waals surface area contributed by atoms with Gasteiger partial charge in [-0.15, -0.1) is 0 Å². The number of hydrogen-bond donors (Lipinski definition) is 2. The van der Waals surface area contributed by atoms with Crippen molar-refractivity contribution in [2.75, 3.05) is 6.54 Å². The summed E-state index contributed by atoms with van der Waals surface area (Å²) < 4.78 is 13.0. The van der Waals surface area contributed by atoms with Crippen LogP contribution in [-0.2, 0) is 0 Å². The molecule has 0 aliphatic carbocycles. The summed E-state index contributed by atoms with van der Waals surface area (Å²) in [6, 6.07) is -0.887. The number of hydrogen-bond acceptors (Lipinski definition) is 2. The van der Waals surface area contributed by atoms with E-state index in [4.69, 9.17) is 10.2 Å². The summed E-state index contributed by atoms with van der Waals surface area (Å²) in [6.45, 7) is 1.57. The van der Waals surface area contributed by atoms with Gasteiger partial charge in [0.1, 0.15) is 6.17 Å². The molecule has 4 nitrogen and oxygen atoms in total. The van der Waals surface area contributed by atoms with Crippen LogP contribution in [0.4, 0.5) is 9.18 Å². The number of aliphatic hydroxyl groups is 1. The molecule has 2 N–H and O–H groups in total. The summed E-state index contributed by atoms with van der Waals surface area (Å²) in [7, 11) is 0. The van der Waals surface area contributed by atoms with Gasteiger partial charge in [0.2, 0.25) is 0 Å². The van der Waals surface area contributed by atoms with Crippen LogP contribution in [0.3, 0.4) is 0 Å². The summed E-state index contributed by atoms with van der Waals surface area (Å²) in [5.74, 6) is 0. The number of carboxylic acid groups (broad SMARTS) is 1. The van der Waals surface area contributed by atoms with Crippen LogP contribution < -0.4 is 0 Å². The first-order chi connectivity index (χ1) is 5.54. The summed E-state index contributed by atoms with van der Waals surface area (Å²) >= 11 is 0. The third kappa shape index (κ3) is 1.50. The molecule has 0 bridgehead atoms. The van der Waals surface area contributed by atoms with Gasteiger partial charge in [0.15, 0.2) is 0 Å². The Kier molecular flexibility index (Phi) is 2.52. The summed E-state index contributed by atoms with van der Waals surface area (Å²) in [4.78, 5) is 11.5. The molecular weight excluding hydrogens is 165 g/mol. The fourth-order valence-corrected chi connectivity index (χ4v) is 1.56. The second-order valence-corrected chi connectivity index (χ2v) is 3.01. The van der Waals surface area contributed by atoms with Gasteiger partial charge in [0.25, 0.3) is 0 Å². The lowest BCUT2D eigenvalue weighted by Crippen LogP contribution is -2.44. The van der Waals surface area contributed by atoms with Crippen LogP contribution >= 0.6 is 0 Å². The zero-order valence-corrected chi connectivity index (χ0v) is 6.77. The van der Waals surface area contributed by atoms with Gasteiger partial charge in [-0.3, -0.25) is 4.90 Å². The zero-order chi connectivity index (χ0) is 9.30. The molecule has 0 aromatic carbocycles. The van der Waals surface area contributed by atoms with Crippen LogP contribution in [0.1, 0.15) is 13.3 Å². The van der Waals surface area contributed by atoms with Crippen LogP contribution in [0.25, 0.3) is 0 Å². The van der Waals surface area contributed by atoms with E-state index in [2.05, 4.69) is 0 Å². The molecule has 1 rings (SSSR count).